The maximum atomic E-state index is 12.6. The van der Waals surface area contributed by atoms with Gasteiger partial charge in [0.05, 0.1) is 5.56 Å². The minimum absolute atomic E-state index is 0.207. The van der Waals surface area contributed by atoms with Crippen LogP contribution in [0.3, 0.4) is 0 Å². The maximum absolute atomic E-state index is 12.6. The Bertz CT molecular complexity index is 1080. The molecule has 138 valence electrons. The van der Waals surface area contributed by atoms with Crippen LogP contribution in [0.15, 0.2) is 51.7 Å². The molecule has 0 saturated carbocycles. The lowest BCUT2D eigenvalue weighted by molar-refractivity contribution is 0.174. The molecule has 1 saturated heterocycles. The number of benzene rings is 2. The average molecular weight is 364 g/mol. The third kappa shape index (κ3) is 2.92. The largest absolute Gasteiger partial charge is 0.454 e. The van der Waals surface area contributed by atoms with Gasteiger partial charge < -0.3 is 24.1 Å². The zero-order valence-corrected chi connectivity index (χ0v) is 15.0. The van der Waals surface area contributed by atoms with Crippen molar-refractivity contribution in [2.45, 2.75) is 13.0 Å². The van der Waals surface area contributed by atoms with Gasteiger partial charge in [-0.2, -0.15) is 0 Å². The van der Waals surface area contributed by atoms with Gasteiger partial charge in [0.15, 0.2) is 11.5 Å². The molecule has 1 atom stereocenters. The minimum atomic E-state index is -0.354. The van der Waals surface area contributed by atoms with Gasteiger partial charge in [0, 0.05) is 42.8 Å². The first-order valence-corrected chi connectivity index (χ1v) is 9.14. The molecule has 0 unspecified atom stereocenters. The number of fused-ring (bicyclic) bond motifs is 2. The van der Waals surface area contributed by atoms with E-state index in [1.54, 1.807) is 0 Å². The van der Waals surface area contributed by atoms with E-state index >= 15 is 0 Å². The number of hydrogen-bond donors (Lipinski definition) is 1. The molecule has 6 nitrogen and oxygen atoms in total. The van der Waals surface area contributed by atoms with Crippen molar-refractivity contribution in [1.29, 1.82) is 0 Å². The molecule has 2 aromatic carbocycles. The number of nitrogens with zero attached hydrogens (tertiary/aromatic N) is 1. The van der Waals surface area contributed by atoms with Crippen LogP contribution in [0.1, 0.15) is 6.92 Å². The Morgan fingerprint density at radius 3 is 2.85 bits per heavy atom. The number of rotatable bonds is 2. The predicted octanol–water partition coefficient (Wildman–Crippen LogP) is 2.99. The summed E-state index contributed by atoms with van der Waals surface area (Å²) in [5, 5.41) is 4.33. The van der Waals surface area contributed by atoms with Crippen LogP contribution in [0.2, 0.25) is 0 Å². The van der Waals surface area contributed by atoms with E-state index in [0.29, 0.717) is 28.7 Å². The van der Waals surface area contributed by atoms with Gasteiger partial charge in [-0.3, -0.25) is 0 Å². The monoisotopic (exact) mass is 364 g/mol. The quantitative estimate of drug-likeness (QED) is 0.706. The maximum Gasteiger partial charge on any atom is 0.344 e. The van der Waals surface area contributed by atoms with Crippen LogP contribution in [-0.4, -0.2) is 32.5 Å². The van der Waals surface area contributed by atoms with Crippen LogP contribution >= 0.6 is 0 Å². The van der Waals surface area contributed by atoms with E-state index in [9.17, 15) is 4.79 Å². The normalized spacial score (nSPS) is 18.9. The third-order valence-corrected chi connectivity index (χ3v) is 5.14. The van der Waals surface area contributed by atoms with E-state index in [-0.39, 0.29) is 12.4 Å². The first-order chi connectivity index (χ1) is 13.2. The highest BCUT2D eigenvalue weighted by Crippen LogP contribution is 2.35. The summed E-state index contributed by atoms with van der Waals surface area (Å²) >= 11 is 0. The summed E-state index contributed by atoms with van der Waals surface area (Å²) < 4.78 is 16.4. The van der Waals surface area contributed by atoms with Crippen molar-refractivity contribution in [2.24, 2.45) is 0 Å². The smallest absolute Gasteiger partial charge is 0.344 e. The van der Waals surface area contributed by atoms with Crippen molar-refractivity contribution >= 4 is 16.7 Å². The molecule has 1 fully saturated rings. The molecule has 0 radical (unpaired) electrons. The lowest BCUT2D eigenvalue weighted by atomic mass is 10.0. The SMILES string of the molecule is C[C@H]1CN(c2ccc3cc(-c4ccc5c(c4)OCO5)c(=O)oc3c2)CCN1. The second-order valence-corrected chi connectivity index (χ2v) is 7.04. The van der Waals surface area contributed by atoms with E-state index in [1.807, 2.05) is 36.4 Å². The van der Waals surface area contributed by atoms with Crippen molar-refractivity contribution in [2.75, 3.05) is 31.3 Å². The van der Waals surface area contributed by atoms with Crippen molar-refractivity contribution < 1.29 is 13.9 Å². The summed E-state index contributed by atoms with van der Waals surface area (Å²) in [7, 11) is 0. The van der Waals surface area contributed by atoms with Crippen molar-refractivity contribution in [1.82, 2.24) is 5.32 Å². The van der Waals surface area contributed by atoms with Crippen molar-refractivity contribution in [3.05, 3.63) is 52.9 Å². The Labute approximate surface area is 156 Å². The third-order valence-electron chi connectivity index (χ3n) is 5.14. The molecule has 1 N–H and O–H groups in total. The molecule has 3 aromatic rings. The molecule has 0 aliphatic carbocycles. The summed E-state index contributed by atoms with van der Waals surface area (Å²) in [6.45, 7) is 5.20. The Morgan fingerprint density at radius 2 is 1.96 bits per heavy atom. The summed E-state index contributed by atoms with van der Waals surface area (Å²) in [6.07, 6.45) is 0. The predicted molar refractivity (Wildman–Crippen MR) is 104 cm³/mol. The van der Waals surface area contributed by atoms with Crippen LogP contribution in [0.25, 0.3) is 22.1 Å². The standard InChI is InChI=1S/C21H20N2O4/c1-13-11-23(7-6-22-13)16-4-2-15-8-17(21(24)27-19(15)10-16)14-3-5-18-20(9-14)26-12-25-18/h2-5,8-10,13,22H,6-7,11-12H2,1H3/t13-/m0/s1. The number of ether oxygens (including phenoxy) is 2. The van der Waals surface area contributed by atoms with Gasteiger partial charge in [0.1, 0.15) is 5.58 Å². The first-order valence-electron chi connectivity index (χ1n) is 9.14. The minimum Gasteiger partial charge on any atom is -0.454 e. The number of piperazine rings is 1. The van der Waals surface area contributed by atoms with Gasteiger partial charge in [0.25, 0.3) is 0 Å². The second-order valence-electron chi connectivity index (χ2n) is 7.04. The Kier molecular flexibility index (Phi) is 3.79. The molecule has 0 bridgehead atoms. The van der Waals surface area contributed by atoms with Crippen molar-refractivity contribution in [3.8, 4) is 22.6 Å². The molecule has 3 heterocycles. The van der Waals surface area contributed by atoms with Crippen LogP contribution in [0, 0.1) is 0 Å². The van der Waals surface area contributed by atoms with E-state index in [2.05, 4.69) is 23.2 Å². The van der Waals surface area contributed by atoms with Gasteiger partial charge in [-0.1, -0.05) is 6.07 Å². The van der Waals surface area contributed by atoms with E-state index in [4.69, 9.17) is 13.9 Å². The van der Waals surface area contributed by atoms with Crippen LogP contribution in [-0.2, 0) is 0 Å². The fraction of sp³-hybridized carbons (Fsp3) is 0.286. The van der Waals surface area contributed by atoms with Gasteiger partial charge >= 0.3 is 5.63 Å². The number of anilines is 1. The molecule has 1 aromatic heterocycles. The summed E-state index contributed by atoms with van der Waals surface area (Å²) in [6, 6.07) is 13.9. The van der Waals surface area contributed by atoms with Gasteiger partial charge in [-0.05, 0) is 42.8 Å². The number of nitrogens with one attached hydrogen (secondary N) is 1. The fourth-order valence-electron chi connectivity index (χ4n) is 3.73. The Balaban J connectivity index is 1.54. The van der Waals surface area contributed by atoms with Gasteiger partial charge in [-0.25, -0.2) is 4.79 Å². The van der Waals surface area contributed by atoms with Gasteiger partial charge in [0.2, 0.25) is 6.79 Å². The highest BCUT2D eigenvalue weighted by molar-refractivity contribution is 5.85. The zero-order chi connectivity index (χ0) is 18.4. The molecular formula is C21H20N2O4. The van der Waals surface area contributed by atoms with E-state index in [0.717, 1.165) is 36.3 Å². The molecule has 2 aliphatic rings. The molecule has 6 heteroatoms. The van der Waals surface area contributed by atoms with Crippen molar-refractivity contribution in [3.63, 3.8) is 0 Å². The highest BCUT2D eigenvalue weighted by Gasteiger charge is 2.18. The van der Waals surface area contributed by atoms with Crippen LogP contribution < -0.4 is 25.3 Å². The summed E-state index contributed by atoms with van der Waals surface area (Å²) in [4.78, 5) is 14.9. The summed E-state index contributed by atoms with van der Waals surface area (Å²) in [5.74, 6) is 1.34. The van der Waals surface area contributed by atoms with Crippen LogP contribution in [0.4, 0.5) is 5.69 Å². The molecular weight excluding hydrogens is 344 g/mol. The first kappa shape index (κ1) is 16.2. The molecule has 5 rings (SSSR count). The number of hydrogen-bond acceptors (Lipinski definition) is 6. The zero-order valence-electron chi connectivity index (χ0n) is 15.0. The van der Waals surface area contributed by atoms with E-state index < -0.39 is 0 Å². The van der Waals surface area contributed by atoms with Crippen LogP contribution in [0.5, 0.6) is 11.5 Å². The second kappa shape index (κ2) is 6.32. The lowest BCUT2D eigenvalue weighted by Crippen LogP contribution is -2.49. The average Bonchev–Trinajstić information content (AvgIpc) is 3.15. The Hall–Kier alpha value is -2.99. The highest BCUT2D eigenvalue weighted by atomic mass is 16.7. The lowest BCUT2D eigenvalue weighted by Gasteiger charge is -2.33. The molecule has 0 amide bonds. The summed E-state index contributed by atoms with van der Waals surface area (Å²) in [5.41, 5.74) is 2.61. The Morgan fingerprint density at radius 1 is 1.07 bits per heavy atom. The van der Waals surface area contributed by atoms with Gasteiger partial charge in [-0.15, -0.1) is 0 Å². The molecule has 2 aliphatic heterocycles. The topological polar surface area (TPSA) is 63.9 Å². The molecule has 0 spiro atoms. The molecule has 27 heavy (non-hydrogen) atoms. The fourth-order valence-corrected chi connectivity index (χ4v) is 3.73. The van der Waals surface area contributed by atoms with E-state index in [1.165, 1.54) is 0 Å².